The van der Waals surface area contributed by atoms with E-state index < -0.39 is 18.0 Å². The van der Waals surface area contributed by atoms with E-state index in [9.17, 15) is 0 Å². The van der Waals surface area contributed by atoms with Crippen molar-refractivity contribution in [3.63, 3.8) is 0 Å². The summed E-state index contributed by atoms with van der Waals surface area (Å²) in [5.74, 6) is 0. The highest BCUT2D eigenvalue weighted by atomic mass is 28.4. The maximum absolute atomic E-state index is 5.73. The number of hydrogen-bond donors (Lipinski definition) is 0. The van der Waals surface area contributed by atoms with Gasteiger partial charge in [0.1, 0.15) is 0 Å². The first-order valence-corrected chi connectivity index (χ1v) is 11.3. The van der Waals surface area contributed by atoms with Gasteiger partial charge in [-0.1, -0.05) is 19.8 Å². The number of unbranched alkanes of at least 4 members (excludes halogenated alkanes) is 2. The van der Waals surface area contributed by atoms with E-state index in [1.54, 1.807) is 28.4 Å². The van der Waals surface area contributed by atoms with Crippen molar-refractivity contribution >= 4 is 18.0 Å². The van der Waals surface area contributed by atoms with Gasteiger partial charge in [0, 0.05) is 40.0 Å². The van der Waals surface area contributed by atoms with Gasteiger partial charge in [0.2, 0.25) is 0 Å². The molecule has 1 aliphatic heterocycles. The zero-order valence-corrected chi connectivity index (χ0v) is 16.3. The second-order valence-corrected chi connectivity index (χ2v) is 11.5. The fraction of sp³-hybridized carbons (Fsp3) is 1.00. The van der Waals surface area contributed by atoms with Crippen LogP contribution in [0.3, 0.4) is 0 Å². The summed E-state index contributed by atoms with van der Waals surface area (Å²) in [6, 6.07) is 1.10. The Hall–Kier alpha value is 0.234. The third kappa shape index (κ3) is 5.42. The van der Waals surface area contributed by atoms with Crippen molar-refractivity contribution in [1.29, 1.82) is 0 Å². The smallest absolute Gasteiger partial charge is 0.397 e. The third-order valence-corrected chi connectivity index (χ3v) is 9.98. The van der Waals surface area contributed by atoms with E-state index in [0.717, 1.165) is 19.1 Å². The summed E-state index contributed by atoms with van der Waals surface area (Å²) >= 11 is 0. The van der Waals surface area contributed by atoms with Crippen LogP contribution in [0.5, 0.6) is 0 Å². The van der Waals surface area contributed by atoms with Crippen LogP contribution < -0.4 is 0 Å². The Morgan fingerprint density at radius 3 is 2.29 bits per heavy atom. The molecule has 0 spiro atoms. The fourth-order valence-corrected chi connectivity index (χ4v) is 7.60. The number of rotatable bonds is 11. The van der Waals surface area contributed by atoms with Crippen LogP contribution in [0.2, 0.25) is 11.6 Å². The average molecular weight is 335 g/mol. The summed E-state index contributed by atoms with van der Waals surface area (Å²) in [5, 5.41) is 0. The van der Waals surface area contributed by atoms with E-state index in [2.05, 4.69) is 11.5 Å². The largest absolute Gasteiger partial charge is 0.427 e. The summed E-state index contributed by atoms with van der Waals surface area (Å²) in [6.45, 7) is 4.47. The van der Waals surface area contributed by atoms with E-state index in [0.29, 0.717) is 5.54 Å². The molecule has 0 aromatic heterocycles. The zero-order chi connectivity index (χ0) is 15.7. The summed E-state index contributed by atoms with van der Waals surface area (Å²) < 4.78 is 24.7. The van der Waals surface area contributed by atoms with Gasteiger partial charge in [-0.2, -0.15) is 0 Å². The molecule has 0 aromatic rings. The standard InChI is InChI=1S/C14H32NO4Si2/c1-14(20(16-2)17-3)10-7-6-8-11-15-12-9-13-21(15,18-4)19-5/h14H,6-13H2,1-5H3. The highest BCUT2D eigenvalue weighted by Gasteiger charge is 2.46. The Balaban J connectivity index is 2.19. The molecule has 0 aliphatic carbocycles. The minimum atomic E-state index is -2.02. The van der Waals surface area contributed by atoms with Crippen molar-refractivity contribution in [1.82, 2.24) is 4.57 Å². The topological polar surface area (TPSA) is 40.2 Å². The molecule has 1 rings (SSSR count). The molecule has 1 radical (unpaired) electrons. The average Bonchev–Trinajstić information content (AvgIpc) is 2.91. The Kier molecular flexibility index (Phi) is 9.27. The van der Waals surface area contributed by atoms with Crippen LogP contribution in [0.15, 0.2) is 0 Å². The molecule has 1 fully saturated rings. The molecule has 7 heteroatoms. The molecule has 0 amide bonds. The molecule has 21 heavy (non-hydrogen) atoms. The van der Waals surface area contributed by atoms with E-state index in [-0.39, 0.29) is 0 Å². The molecule has 0 aromatic carbocycles. The summed E-state index contributed by atoms with van der Waals surface area (Å²) in [7, 11) is 4.01. The van der Waals surface area contributed by atoms with Gasteiger partial charge in [-0.3, -0.25) is 4.57 Å². The summed E-state index contributed by atoms with van der Waals surface area (Å²) in [6.07, 6.45) is 6.10. The van der Waals surface area contributed by atoms with E-state index in [4.69, 9.17) is 17.7 Å². The van der Waals surface area contributed by atoms with Crippen LogP contribution in [-0.2, 0) is 17.7 Å². The molecule has 0 bridgehead atoms. The Morgan fingerprint density at radius 1 is 1.05 bits per heavy atom. The maximum atomic E-state index is 5.73. The lowest BCUT2D eigenvalue weighted by Crippen LogP contribution is -2.53. The first-order chi connectivity index (χ1) is 10.1. The molecule has 1 aliphatic rings. The van der Waals surface area contributed by atoms with Crippen molar-refractivity contribution in [3.05, 3.63) is 0 Å². The molecule has 0 saturated carbocycles. The monoisotopic (exact) mass is 334 g/mol. The lowest BCUT2D eigenvalue weighted by Gasteiger charge is -2.31. The van der Waals surface area contributed by atoms with Gasteiger partial charge < -0.3 is 17.7 Å². The van der Waals surface area contributed by atoms with Crippen LogP contribution in [-0.4, -0.2) is 64.1 Å². The highest BCUT2D eigenvalue weighted by molar-refractivity contribution is 6.65. The quantitative estimate of drug-likeness (QED) is 0.429. The molecule has 1 atom stereocenters. The van der Waals surface area contributed by atoms with Gasteiger partial charge in [-0.05, 0) is 32.4 Å². The molecule has 1 heterocycles. The minimum absolute atomic E-state index is 0.545. The van der Waals surface area contributed by atoms with E-state index >= 15 is 0 Å². The summed E-state index contributed by atoms with van der Waals surface area (Å²) in [5.41, 5.74) is 0.545. The van der Waals surface area contributed by atoms with Crippen molar-refractivity contribution in [3.8, 4) is 0 Å². The van der Waals surface area contributed by atoms with Crippen LogP contribution >= 0.6 is 0 Å². The van der Waals surface area contributed by atoms with Crippen LogP contribution in [0.1, 0.15) is 39.0 Å². The van der Waals surface area contributed by atoms with Crippen LogP contribution in [0, 0.1) is 0 Å². The van der Waals surface area contributed by atoms with Gasteiger partial charge >= 0.3 is 18.0 Å². The molecular weight excluding hydrogens is 302 g/mol. The Morgan fingerprint density at radius 2 is 1.71 bits per heavy atom. The second-order valence-electron chi connectivity index (χ2n) is 5.69. The van der Waals surface area contributed by atoms with E-state index in [1.807, 2.05) is 0 Å². The zero-order valence-electron chi connectivity index (χ0n) is 14.3. The lowest BCUT2D eigenvalue weighted by molar-refractivity contribution is 0.181. The van der Waals surface area contributed by atoms with Gasteiger partial charge in [-0.25, -0.2) is 0 Å². The third-order valence-electron chi connectivity index (χ3n) is 4.41. The predicted octanol–water partition coefficient (Wildman–Crippen LogP) is 2.66. The molecule has 5 nitrogen and oxygen atoms in total. The first-order valence-electron chi connectivity index (χ1n) is 7.93. The predicted molar refractivity (Wildman–Crippen MR) is 88.4 cm³/mol. The fourth-order valence-electron chi connectivity index (χ4n) is 3.18. The SMILES string of the molecule is CO[Si](OC)C(C)CCCCCN1CCC[Si]1(OC)OC. The normalized spacial score (nSPS) is 20.3. The van der Waals surface area contributed by atoms with E-state index in [1.165, 1.54) is 32.1 Å². The Labute approximate surface area is 133 Å². The first kappa shape index (κ1) is 19.3. The molecular formula is C14H32NO4Si2. The van der Waals surface area contributed by atoms with Crippen molar-refractivity contribution in [2.45, 2.75) is 50.6 Å². The lowest BCUT2D eigenvalue weighted by atomic mass is 10.1. The molecule has 125 valence electrons. The van der Waals surface area contributed by atoms with Gasteiger partial charge in [0.15, 0.2) is 0 Å². The minimum Gasteiger partial charge on any atom is -0.397 e. The maximum Gasteiger partial charge on any atom is 0.427 e. The van der Waals surface area contributed by atoms with Gasteiger partial charge in [0.25, 0.3) is 0 Å². The Bertz CT molecular complexity index is 276. The van der Waals surface area contributed by atoms with Crippen molar-refractivity contribution < 1.29 is 17.7 Å². The number of nitrogens with zero attached hydrogens (tertiary/aromatic N) is 1. The van der Waals surface area contributed by atoms with Gasteiger partial charge in [-0.15, -0.1) is 0 Å². The molecule has 0 N–H and O–H groups in total. The second kappa shape index (κ2) is 10.1. The van der Waals surface area contributed by atoms with Crippen molar-refractivity contribution in [2.75, 3.05) is 41.5 Å². The van der Waals surface area contributed by atoms with Crippen molar-refractivity contribution in [2.24, 2.45) is 0 Å². The highest BCUT2D eigenvalue weighted by Crippen LogP contribution is 2.27. The molecule has 1 unspecified atom stereocenters. The van der Waals surface area contributed by atoms with Gasteiger partial charge in [0.05, 0.1) is 0 Å². The molecule has 1 saturated heterocycles. The summed E-state index contributed by atoms with van der Waals surface area (Å²) in [4.78, 5) is 0. The van der Waals surface area contributed by atoms with Crippen LogP contribution in [0.25, 0.3) is 0 Å². The number of hydrogen-bond acceptors (Lipinski definition) is 5. The van der Waals surface area contributed by atoms with Crippen LogP contribution in [0.4, 0.5) is 0 Å².